The minimum absolute atomic E-state index is 0.162. The molecular formula is C4H4N6O. The second-order valence-corrected chi connectivity index (χ2v) is 1.93. The van der Waals surface area contributed by atoms with Crippen LogP contribution in [0.25, 0.3) is 11.0 Å². The molecule has 0 spiro atoms. The topological polar surface area (TPSA) is 117 Å². The van der Waals surface area contributed by atoms with Gasteiger partial charge in [0.2, 0.25) is 0 Å². The van der Waals surface area contributed by atoms with E-state index in [0.717, 1.165) is 0 Å². The third kappa shape index (κ3) is 0.672. The molecular weight excluding hydrogens is 148 g/mol. The lowest BCUT2D eigenvalue weighted by Gasteiger charge is -1.90. The molecule has 0 aliphatic heterocycles. The molecule has 7 heteroatoms. The van der Waals surface area contributed by atoms with Crippen LogP contribution in [0.5, 0.6) is 0 Å². The summed E-state index contributed by atoms with van der Waals surface area (Å²) in [6, 6.07) is 0. The number of fused-ring (bicyclic) bond motifs is 1. The minimum Gasteiger partial charge on any atom is -0.380 e. The van der Waals surface area contributed by atoms with Crippen LogP contribution in [0.2, 0.25) is 0 Å². The van der Waals surface area contributed by atoms with Crippen LogP contribution in [-0.2, 0) is 0 Å². The molecule has 0 bridgehead atoms. The molecule has 7 nitrogen and oxygen atoms in total. The van der Waals surface area contributed by atoms with E-state index in [1.807, 2.05) is 0 Å². The van der Waals surface area contributed by atoms with E-state index in [-0.39, 0.29) is 11.6 Å². The quantitative estimate of drug-likeness (QED) is 0.506. The zero-order valence-corrected chi connectivity index (χ0v) is 5.35. The second-order valence-electron chi connectivity index (χ2n) is 1.93. The predicted molar refractivity (Wildman–Crippen MR) is 36.2 cm³/mol. The van der Waals surface area contributed by atoms with E-state index in [4.69, 9.17) is 11.5 Å². The van der Waals surface area contributed by atoms with E-state index in [9.17, 15) is 0 Å². The summed E-state index contributed by atoms with van der Waals surface area (Å²) in [6.07, 6.45) is 0. The number of nitrogens with zero attached hydrogens (tertiary/aromatic N) is 4. The molecule has 56 valence electrons. The zero-order valence-electron chi connectivity index (χ0n) is 5.35. The molecule has 0 aromatic carbocycles. The van der Waals surface area contributed by atoms with E-state index in [1.54, 1.807) is 0 Å². The molecule has 2 aromatic rings. The van der Waals surface area contributed by atoms with Crippen LogP contribution in [0.1, 0.15) is 0 Å². The summed E-state index contributed by atoms with van der Waals surface area (Å²) >= 11 is 0. The van der Waals surface area contributed by atoms with Gasteiger partial charge in [-0.3, -0.25) is 0 Å². The molecule has 2 heterocycles. The van der Waals surface area contributed by atoms with Crippen molar-refractivity contribution >= 4 is 22.7 Å². The Morgan fingerprint density at radius 2 is 1.36 bits per heavy atom. The summed E-state index contributed by atoms with van der Waals surface area (Å²) in [5, 5.41) is 14.0. The predicted octanol–water partition coefficient (Wildman–Crippen LogP) is -0.823. The third-order valence-corrected chi connectivity index (χ3v) is 1.24. The van der Waals surface area contributed by atoms with Crippen molar-refractivity contribution in [3.05, 3.63) is 0 Å². The molecule has 0 aliphatic rings. The molecule has 0 atom stereocenters. The van der Waals surface area contributed by atoms with Crippen LogP contribution in [0.3, 0.4) is 0 Å². The maximum atomic E-state index is 5.38. The normalized spacial score (nSPS) is 10.5. The first kappa shape index (κ1) is 5.83. The van der Waals surface area contributed by atoms with Gasteiger partial charge in [-0.05, 0) is 10.3 Å². The largest absolute Gasteiger partial charge is 0.380 e. The highest BCUT2D eigenvalue weighted by atomic mass is 16.6. The van der Waals surface area contributed by atoms with Crippen molar-refractivity contribution in [3.8, 4) is 0 Å². The summed E-state index contributed by atoms with van der Waals surface area (Å²) in [5.41, 5.74) is 11.4. The van der Waals surface area contributed by atoms with Gasteiger partial charge < -0.3 is 11.5 Å². The third-order valence-electron chi connectivity index (χ3n) is 1.24. The van der Waals surface area contributed by atoms with E-state index in [2.05, 4.69) is 25.1 Å². The molecule has 2 aromatic heterocycles. The highest BCUT2D eigenvalue weighted by Gasteiger charge is 2.09. The summed E-state index contributed by atoms with van der Waals surface area (Å²) in [7, 11) is 0. The van der Waals surface area contributed by atoms with Crippen LogP contribution in [0.15, 0.2) is 4.63 Å². The van der Waals surface area contributed by atoms with Crippen molar-refractivity contribution < 1.29 is 4.63 Å². The molecule has 11 heavy (non-hydrogen) atoms. The van der Waals surface area contributed by atoms with Gasteiger partial charge in [-0.2, -0.15) is 0 Å². The smallest absolute Gasteiger partial charge is 0.182 e. The minimum atomic E-state index is 0.162. The van der Waals surface area contributed by atoms with Gasteiger partial charge in [0, 0.05) is 0 Å². The first-order valence-corrected chi connectivity index (χ1v) is 2.79. The van der Waals surface area contributed by atoms with E-state index in [0.29, 0.717) is 11.0 Å². The van der Waals surface area contributed by atoms with Crippen molar-refractivity contribution in [3.63, 3.8) is 0 Å². The Balaban J connectivity index is 2.96. The van der Waals surface area contributed by atoms with Crippen molar-refractivity contribution in [1.29, 1.82) is 0 Å². The number of anilines is 2. The van der Waals surface area contributed by atoms with Crippen LogP contribution in [0.4, 0.5) is 11.6 Å². The van der Waals surface area contributed by atoms with Crippen LogP contribution in [-0.4, -0.2) is 20.5 Å². The van der Waals surface area contributed by atoms with Gasteiger partial charge in [0.25, 0.3) is 0 Å². The second kappa shape index (κ2) is 1.78. The fraction of sp³-hybridized carbons (Fsp3) is 0. The number of nitrogen functional groups attached to an aromatic ring is 2. The van der Waals surface area contributed by atoms with Gasteiger partial charge in [-0.1, -0.05) is 0 Å². The Hall–Kier alpha value is -1.92. The number of hydrogen-bond acceptors (Lipinski definition) is 7. The van der Waals surface area contributed by atoms with Gasteiger partial charge in [0.1, 0.15) is 0 Å². The maximum Gasteiger partial charge on any atom is 0.182 e. The fourth-order valence-electron chi connectivity index (χ4n) is 0.727. The highest BCUT2D eigenvalue weighted by molar-refractivity contribution is 5.89. The molecule has 0 unspecified atom stereocenters. The Morgan fingerprint density at radius 1 is 0.909 bits per heavy atom. The lowest BCUT2D eigenvalue weighted by molar-refractivity contribution is 0.315. The Bertz CT molecular complexity index is 358. The summed E-state index contributed by atoms with van der Waals surface area (Å²) in [4.78, 5) is 0. The van der Waals surface area contributed by atoms with Crippen molar-refractivity contribution in [1.82, 2.24) is 20.5 Å². The molecule has 0 fully saturated rings. The summed E-state index contributed by atoms with van der Waals surface area (Å²) in [6.45, 7) is 0. The fourth-order valence-corrected chi connectivity index (χ4v) is 0.727. The number of hydrogen-bond donors (Lipinski definition) is 2. The monoisotopic (exact) mass is 152 g/mol. The molecule has 2 rings (SSSR count). The Labute approximate surface area is 60.3 Å². The molecule has 0 saturated carbocycles. The first-order valence-electron chi connectivity index (χ1n) is 2.79. The maximum absolute atomic E-state index is 5.38. The molecule has 0 saturated heterocycles. The molecule has 0 radical (unpaired) electrons. The number of aromatic nitrogens is 4. The average molecular weight is 152 g/mol. The van der Waals surface area contributed by atoms with E-state index < -0.39 is 0 Å². The molecule has 0 aliphatic carbocycles. The highest BCUT2D eigenvalue weighted by Crippen LogP contribution is 2.16. The van der Waals surface area contributed by atoms with Crippen LogP contribution >= 0.6 is 0 Å². The zero-order chi connectivity index (χ0) is 7.84. The van der Waals surface area contributed by atoms with Gasteiger partial charge in [0.15, 0.2) is 22.7 Å². The summed E-state index contributed by atoms with van der Waals surface area (Å²) in [5.74, 6) is 0.325. The van der Waals surface area contributed by atoms with Gasteiger partial charge in [-0.25, -0.2) is 4.63 Å². The van der Waals surface area contributed by atoms with E-state index in [1.165, 1.54) is 0 Å². The standard InChI is InChI=1S/C4H4N6O/c5-3-1-2(10-11-9-1)4(6)8-7-3/h(H2,5,7)(H2,6,8). The first-order chi connectivity index (χ1) is 5.29. The van der Waals surface area contributed by atoms with Crippen molar-refractivity contribution in [2.75, 3.05) is 11.5 Å². The Morgan fingerprint density at radius 3 is 1.82 bits per heavy atom. The van der Waals surface area contributed by atoms with Gasteiger partial charge in [-0.15, -0.1) is 10.2 Å². The van der Waals surface area contributed by atoms with Crippen molar-refractivity contribution in [2.45, 2.75) is 0 Å². The molecule has 0 amide bonds. The average Bonchev–Trinajstić information content (AvgIpc) is 2.45. The lowest BCUT2D eigenvalue weighted by atomic mass is 10.4. The van der Waals surface area contributed by atoms with E-state index >= 15 is 0 Å². The van der Waals surface area contributed by atoms with Gasteiger partial charge in [0.05, 0.1) is 0 Å². The lowest BCUT2D eigenvalue weighted by Crippen LogP contribution is -1.99. The summed E-state index contributed by atoms with van der Waals surface area (Å²) < 4.78 is 4.39. The van der Waals surface area contributed by atoms with Gasteiger partial charge >= 0.3 is 0 Å². The molecule has 4 N–H and O–H groups in total. The van der Waals surface area contributed by atoms with Crippen LogP contribution < -0.4 is 11.5 Å². The number of nitrogens with two attached hydrogens (primary N) is 2. The van der Waals surface area contributed by atoms with Crippen molar-refractivity contribution in [2.24, 2.45) is 0 Å². The SMILES string of the molecule is Nc1nnc(N)c2nonc12. The van der Waals surface area contributed by atoms with Crippen LogP contribution in [0, 0.1) is 0 Å². The number of rotatable bonds is 0. The Kier molecular flexibility index (Phi) is 0.945.